The Balaban J connectivity index is 3.67. The number of carbonyl (C=O) groups is 1. The van der Waals surface area contributed by atoms with Crippen LogP contribution in [-0.4, -0.2) is 57.3 Å². The highest BCUT2D eigenvalue weighted by atomic mass is 16.3. The fourth-order valence-electron chi connectivity index (χ4n) is 7.59. The number of allylic oxidation sites excluding steroid dienone is 6. The molecule has 0 saturated heterocycles. The summed E-state index contributed by atoms with van der Waals surface area (Å²) in [6.45, 7) is 4.03. The van der Waals surface area contributed by atoms with E-state index in [2.05, 4.69) is 55.6 Å². The van der Waals surface area contributed by atoms with Crippen molar-refractivity contribution in [1.29, 1.82) is 0 Å². The molecule has 0 fully saturated rings. The Morgan fingerprint density at radius 2 is 0.737 bits per heavy atom. The van der Waals surface area contributed by atoms with Crippen LogP contribution in [0.2, 0.25) is 0 Å². The van der Waals surface area contributed by atoms with Gasteiger partial charge in [0.1, 0.15) is 12.2 Å². The van der Waals surface area contributed by atoms with Crippen LogP contribution in [0.4, 0.5) is 0 Å². The summed E-state index contributed by atoms with van der Waals surface area (Å²) < 4.78 is 0. The number of aliphatic hydroxyl groups excluding tert-OH is 4. The molecular weight excluding hydrogens is 707 g/mol. The molecule has 0 aliphatic carbocycles. The Bertz CT molecular complexity index is 904. The highest BCUT2D eigenvalue weighted by Crippen LogP contribution is 2.16. The molecule has 57 heavy (non-hydrogen) atoms. The molecule has 0 aromatic rings. The van der Waals surface area contributed by atoms with Gasteiger partial charge in [-0.15, -0.1) is 0 Å². The van der Waals surface area contributed by atoms with E-state index in [-0.39, 0.29) is 0 Å². The molecule has 0 aromatic heterocycles. The van der Waals surface area contributed by atoms with Crippen molar-refractivity contribution >= 4 is 5.91 Å². The van der Waals surface area contributed by atoms with Crippen LogP contribution in [0.3, 0.4) is 0 Å². The highest BCUT2D eigenvalue weighted by molar-refractivity contribution is 5.80. The van der Waals surface area contributed by atoms with Gasteiger partial charge in [-0.05, 0) is 77.0 Å². The zero-order valence-electron chi connectivity index (χ0n) is 37.8. The molecule has 336 valence electrons. The van der Waals surface area contributed by atoms with Crippen LogP contribution < -0.4 is 5.32 Å². The average Bonchev–Trinajstić information content (AvgIpc) is 3.22. The molecule has 1 amide bonds. The summed E-state index contributed by atoms with van der Waals surface area (Å²) >= 11 is 0. The summed E-state index contributed by atoms with van der Waals surface area (Å²) in [5.74, 6) is -0.598. The van der Waals surface area contributed by atoms with Crippen LogP contribution in [0, 0.1) is 0 Å². The lowest BCUT2D eigenvalue weighted by Crippen LogP contribution is -2.53. The molecule has 0 spiro atoms. The molecule has 0 aliphatic heterocycles. The average molecular weight is 804 g/mol. The second kappa shape index (κ2) is 45.6. The van der Waals surface area contributed by atoms with Crippen molar-refractivity contribution in [3.05, 3.63) is 36.5 Å². The summed E-state index contributed by atoms with van der Waals surface area (Å²) in [4.78, 5) is 12.5. The first-order chi connectivity index (χ1) is 28.0. The maximum absolute atomic E-state index is 12.5. The minimum Gasteiger partial charge on any atom is -0.394 e. The first-order valence-corrected chi connectivity index (χ1v) is 24.9. The molecule has 0 aromatic carbocycles. The third-order valence-corrected chi connectivity index (χ3v) is 11.6. The zero-order chi connectivity index (χ0) is 41.7. The van der Waals surface area contributed by atoms with Crippen molar-refractivity contribution in [2.45, 2.75) is 276 Å². The first kappa shape index (κ1) is 55.5. The molecule has 0 aliphatic rings. The predicted molar refractivity (Wildman–Crippen MR) is 247 cm³/mol. The van der Waals surface area contributed by atoms with Crippen LogP contribution >= 0.6 is 0 Å². The molecule has 4 unspecified atom stereocenters. The molecule has 0 saturated carbocycles. The van der Waals surface area contributed by atoms with Gasteiger partial charge >= 0.3 is 0 Å². The molecule has 0 rings (SSSR count). The molecule has 6 heteroatoms. The smallest absolute Gasteiger partial charge is 0.249 e. The standard InChI is InChI=1S/C51H97NO5/c1-3-5-7-9-11-13-15-17-19-20-21-22-23-24-25-26-27-28-29-30-31-33-35-37-39-41-43-45-49(55)51(57)52-47(46-53)50(56)48(54)44-42-40-38-36-34-32-18-16-14-12-10-8-6-4-2/h16,18,24-25,36,38,47-50,53-56H,3-15,17,19-23,26-35,37,39-46H2,1-2H3,(H,52,57)/b18-16+,25-24-,38-36+. The predicted octanol–water partition coefficient (Wildman–Crippen LogP) is 13.7. The minimum absolute atomic E-state index is 0.360. The van der Waals surface area contributed by atoms with E-state index in [0.29, 0.717) is 19.3 Å². The maximum Gasteiger partial charge on any atom is 0.249 e. The van der Waals surface area contributed by atoms with E-state index in [9.17, 15) is 25.2 Å². The van der Waals surface area contributed by atoms with E-state index in [0.717, 1.165) is 38.5 Å². The minimum atomic E-state index is -1.29. The number of amides is 1. The highest BCUT2D eigenvalue weighted by Gasteiger charge is 2.28. The Morgan fingerprint density at radius 1 is 0.421 bits per heavy atom. The van der Waals surface area contributed by atoms with Gasteiger partial charge in [0.05, 0.1) is 18.8 Å². The molecular formula is C51H97NO5. The van der Waals surface area contributed by atoms with Gasteiger partial charge in [0.25, 0.3) is 0 Å². The van der Waals surface area contributed by atoms with E-state index in [1.165, 1.54) is 180 Å². The SMILES string of the molecule is CCCCCCC/C=C/CC/C=C/CCCC(O)C(O)C(CO)NC(=O)C(O)CCCCCCCCCCCCC/C=C\CCCCCCCCCCCCCC. The van der Waals surface area contributed by atoms with Gasteiger partial charge < -0.3 is 25.7 Å². The topological polar surface area (TPSA) is 110 Å². The number of hydrogen-bond donors (Lipinski definition) is 5. The third-order valence-electron chi connectivity index (χ3n) is 11.6. The van der Waals surface area contributed by atoms with Crippen molar-refractivity contribution in [2.75, 3.05) is 6.61 Å². The number of rotatable bonds is 45. The summed E-state index contributed by atoms with van der Waals surface area (Å²) in [6.07, 6.45) is 54.8. The first-order valence-electron chi connectivity index (χ1n) is 24.9. The summed E-state index contributed by atoms with van der Waals surface area (Å²) in [6, 6.07) is -1.01. The van der Waals surface area contributed by atoms with Crippen LogP contribution in [0.15, 0.2) is 36.5 Å². The molecule has 0 radical (unpaired) electrons. The number of aliphatic hydroxyl groups is 4. The van der Waals surface area contributed by atoms with E-state index in [1.807, 2.05) is 0 Å². The lowest BCUT2D eigenvalue weighted by molar-refractivity contribution is -0.132. The van der Waals surface area contributed by atoms with E-state index >= 15 is 0 Å². The quantitative estimate of drug-likeness (QED) is 0.0311. The number of nitrogens with one attached hydrogen (secondary N) is 1. The second-order valence-corrected chi connectivity index (χ2v) is 17.1. The van der Waals surface area contributed by atoms with Crippen LogP contribution in [-0.2, 0) is 4.79 Å². The number of hydrogen-bond acceptors (Lipinski definition) is 5. The molecule has 5 N–H and O–H groups in total. The van der Waals surface area contributed by atoms with E-state index in [1.54, 1.807) is 0 Å². The van der Waals surface area contributed by atoms with Gasteiger partial charge in [-0.1, -0.05) is 211 Å². The normalized spacial score (nSPS) is 14.3. The van der Waals surface area contributed by atoms with Crippen molar-refractivity contribution in [1.82, 2.24) is 5.32 Å². The monoisotopic (exact) mass is 804 g/mol. The lowest BCUT2D eigenvalue weighted by atomic mass is 10.00. The molecule has 4 atom stereocenters. The summed E-state index contributed by atoms with van der Waals surface area (Å²) in [5.41, 5.74) is 0. The largest absolute Gasteiger partial charge is 0.394 e. The summed E-state index contributed by atoms with van der Waals surface area (Å²) in [7, 11) is 0. The Morgan fingerprint density at radius 3 is 1.11 bits per heavy atom. The number of unbranched alkanes of at least 4 members (excludes halogenated alkanes) is 30. The van der Waals surface area contributed by atoms with Crippen LogP contribution in [0.25, 0.3) is 0 Å². The lowest BCUT2D eigenvalue weighted by Gasteiger charge is -2.27. The Hall–Kier alpha value is -1.47. The van der Waals surface area contributed by atoms with Gasteiger partial charge in [-0.2, -0.15) is 0 Å². The van der Waals surface area contributed by atoms with Gasteiger partial charge in [0, 0.05) is 0 Å². The third kappa shape index (κ3) is 39.7. The maximum atomic E-state index is 12.5. The second-order valence-electron chi connectivity index (χ2n) is 17.1. The molecule has 6 nitrogen and oxygen atoms in total. The summed E-state index contributed by atoms with van der Waals surface area (Å²) in [5, 5.41) is 43.7. The van der Waals surface area contributed by atoms with Crippen molar-refractivity contribution in [2.24, 2.45) is 0 Å². The van der Waals surface area contributed by atoms with Crippen molar-refractivity contribution < 1.29 is 25.2 Å². The Labute approximate surface area is 354 Å². The fourth-order valence-corrected chi connectivity index (χ4v) is 7.59. The van der Waals surface area contributed by atoms with Crippen LogP contribution in [0.5, 0.6) is 0 Å². The molecule has 0 bridgehead atoms. The molecule has 0 heterocycles. The van der Waals surface area contributed by atoms with Crippen LogP contribution in [0.1, 0.15) is 251 Å². The number of carbonyl (C=O) groups excluding carboxylic acids is 1. The Kier molecular flexibility index (Phi) is 44.4. The van der Waals surface area contributed by atoms with Gasteiger partial charge in [-0.25, -0.2) is 0 Å². The van der Waals surface area contributed by atoms with E-state index in [4.69, 9.17) is 0 Å². The fraction of sp³-hybridized carbons (Fsp3) is 0.863. The van der Waals surface area contributed by atoms with Gasteiger partial charge in [0.15, 0.2) is 0 Å². The van der Waals surface area contributed by atoms with Gasteiger partial charge in [-0.3, -0.25) is 4.79 Å². The van der Waals surface area contributed by atoms with E-state index < -0.39 is 36.9 Å². The van der Waals surface area contributed by atoms with Crippen molar-refractivity contribution in [3.8, 4) is 0 Å². The van der Waals surface area contributed by atoms with Crippen molar-refractivity contribution in [3.63, 3.8) is 0 Å². The van der Waals surface area contributed by atoms with Gasteiger partial charge in [0.2, 0.25) is 5.91 Å². The zero-order valence-corrected chi connectivity index (χ0v) is 37.8.